The Bertz CT molecular complexity index is 1590. The Labute approximate surface area is 219 Å². The van der Waals surface area contributed by atoms with E-state index in [9.17, 15) is 19.2 Å². The second-order valence-corrected chi connectivity index (χ2v) is 8.90. The number of amides is 2. The number of carbonyl (C=O) groups excluding carboxylic acids is 2. The molecule has 3 aromatic carbocycles. The lowest BCUT2D eigenvalue weighted by Crippen LogP contribution is -2.42. The third-order valence-electron chi connectivity index (χ3n) is 6.31. The van der Waals surface area contributed by atoms with Gasteiger partial charge in [-0.15, -0.1) is 0 Å². The molecule has 38 heavy (non-hydrogen) atoms. The first kappa shape index (κ1) is 26.4. The fourth-order valence-electron chi connectivity index (χ4n) is 4.30. The highest BCUT2D eigenvalue weighted by Crippen LogP contribution is 2.17. The van der Waals surface area contributed by atoms with Crippen LogP contribution in [0.1, 0.15) is 24.0 Å². The number of carbonyl (C=O) groups is 2. The molecule has 0 saturated heterocycles. The van der Waals surface area contributed by atoms with Gasteiger partial charge in [0.25, 0.3) is 5.56 Å². The minimum atomic E-state index is -0.594. The number of nitrogens with one attached hydrogen (secondary N) is 2. The predicted octanol–water partition coefficient (Wildman–Crippen LogP) is 3.22. The molecule has 0 unspecified atom stereocenters. The lowest BCUT2D eigenvalue weighted by molar-refractivity contribution is -0.121. The molecule has 1 heterocycles. The van der Waals surface area contributed by atoms with Crippen LogP contribution in [0.3, 0.4) is 0 Å². The zero-order valence-corrected chi connectivity index (χ0v) is 21.4. The lowest BCUT2D eigenvalue weighted by Gasteiger charge is -2.15. The van der Waals surface area contributed by atoms with Gasteiger partial charge in [-0.1, -0.05) is 48.5 Å². The molecule has 0 radical (unpaired) electrons. The molecule has 4 rings (SSSR count). The fraction of sp³-hybridized carbons (Fsp3) is 0.241. The lowest BCUT2D eigenvalue weighted by atomic mass is 10.2. The summed E-state index contributed by atoms with van der Waals surface area (Å²) in [5, 5.41) is 6.00. The molecule has 0 fully saturated rings. The van der Waals surface area contributed by atoms with Crippen molar-refractivity contribution in [3.8, 4) is 5.75 Å². The molecule has 1 aromatic heterocycles. The maximum absolute atomic E-state index is 13.3. The van der Waals surface area contributed by atoms with E-state index in [0.717, 1.165) is 15.7 Å². The van der Waals surface area contributed by atoms with Crippen LogP contribution in [-0.4, -0.2) is 28.1 Å². The van der Waals surface area contributed by atoms with Crippen LogP contribution in [0.5, 0.6) is 5.75 Å². The first-order chi connectivity index (χ1) is 18.4. The third kappa shape index (κ3) is 6.00. The Kier molecular flexibility index (Phi) is 8.37. The van der Waals surface area contributed by atoms with E-state index in [-0.39, 0.29) is 37.7 Å². The van der Waals surface area contributed by atoms with Crippen LogP contribution in [0.25, 0.3) is 10.9 Å². The predicted molar refractivity (Wildman–Crippen MR) is 146 cm³/mol. The van der Waals surface area contributed by atoms with Gasteiger partial charge in [-0.2, -0.15) is 0 Å². The Balaban J connectivity index is 1.48. The number of para-hydroxylation sites is 3. The summed E-state index contributed by atoms with van der Waals surface area (Å²) >= 11 is 0. The van der Waals surface area contributed by atoms with Gasteiger partial charge in [0.15, 0.2) is 0 Å². The standard InChI is InChI=1S/C29H30N4O5/c1-20-10-3-6-13-23(20)31-27(35)19-33-24-14-7-5-12-22(24)28(36)32(29(33)37)17-9-16-26(34)30-18-21-11-4-8-15-25(21)38-2/h3-8,10-15H,9,16-19H2,1-2H3,(H,30,34)(H,31,35). The quantitative estimate of drug-likeness (QED) is 0.338. The van der Waals surface area contributed by atoms with Crippen LogP contribution in [0.15, 0.2) is 82.4 Å². The number of ether oxygens (including phenoxy) is 1. The van der Waals surface area contributed by atoms with Crippen molar-refractivity contribution in [2.24, 2.45) is 0 Å². The zero-order chi connectivity index (χ0) is 27.1. The van der Waals surface area contributed by atoms with Crippen LogP contribution in [0.2, 0.25) is 0 Å². The molecule has 0 atom stereocenters. The first-order valence-corrected chi connectivity index (χ1v) is 12.4. The molecule has 0 aliphatic carbocycles. The number of benzene rings is 3. The van der Waals surface area contributed by atoms with Crippen molar-refractivity contribution in [2.45, 2.75) is 39.4 Å². The summed E-state index contributed by atoms with van der Waals surface area (Å²) in [4.78, 5) is 51.7. The number of anilines is 1. The topological polar surface area (TPSA) is 111 Å². The molecule has 0 bridgehead atoms. The second kappa shape index (κ2) is 12.1. The largest absolute Gasteiger partial charge is 0.496 e. The summed E-state index contributed by atoms with van der Waals surface area (Å²) in [6.45, 7) is 1.97. The molecular weight excluding hydrogens is 484 g/mol. The SMILES string of the molecule is COc1ccccc1CNC(=O)CCCn1c(=O)c2ccccc2n(CC(=O)Nc2ccccc2C)c1=O. The van der Waals surface area contributed by atoms with E-state index in [1.807, 2.05) is 49.4 Å². The number of hydrogen-bond donors (Lipinski definition) is 2. The second-order valence-electron chi connectivity index (χ2n) is 8.90. The van der Waals surface area contributed by atoms with Gasteiger partial charge in [0.05, 0.1) is 18.0 Å². The van der Waals surface area contributed by atoms with Crippen LogP contribution in [-0.2, 0) is 29.2 Å². The van der Waals surface area contributed by atoms with E-state index in [1.165, 1.54) is 4.57 Å². The smallest absolute Gasteiger partial charge is 0.331 e. The van der Waals surface area contributed by atoms with Gasteiger partial charge in [-0.3, -0.25) is 23.5 Å². The number of methoxy groups -OCH3 is 1. The monoisotopic (exact) mass is 514 g/mol. The minimum absolute atomic E-state index is 0.0456. The van der Waals surface area contributed by atoms with E-state index in [4.69, 9.17) is 4.74 Å². The first-order valence-electron chi connectivity index (χ1n) is 12.4. The number of rotatable bonds is 10. The van der Waals surface area contributed by atoms with Gasteiger partial charge >= 0.3 is 5.69 Å². The Morgan fingerprint density at radius 2 is 1.58 bits per heavy atom. The van der Waals surface area contributed by atoms with Gasteiger partial charge in [0, 0.05) is 30.8 Å². The van der Waals surface area contributed by atoms with Crippen LogP contribution < -0.4 is 26.6 Å². The number of aromatic nitrogens is 2. The highest BCUT2D eigenvalue weighted by atomic mass is 16.5. The number of aryl methyl sites for hydroxylation is 1. The van der Waals surface area contributed by atoms with E-state index >= 15 is 0 Å². The summed E-state index contributed by atoms with van der Waals surface area (Å²) in [5.74, 6) is 0.0951. The van der Waals surface area contributed by atoms with Crippen molar-refractivity contribution in [1.82, 2.24) is 14.5 Å². The Morgan fingerprint density at radius 1 is 0.868 bits per heavy atom. The van der Waals surface area contributed by atoms with E-state index in [1.54, 1.807) is 37.4 Å². The van der Waals surface area contributed by atoms with E-state index in [0.29, 0.717) is 28.9 Å². The molecule has 9 nitrogen and oxygen atoms in total. The summed E-state index contributed by atoms with van der Waals surface area (Å²) in [6.07, 6.45) is 0.405. The highest BCUT2D eigenvalue weighted by molar-refractivity contribution is 5.92. The van der Waals surface area contributed by atoms with Crippen LogP contribution in [0, 0.1) is 6.92 Å². The average molecular weight is 515 g/mol. The van der Waals surface area contributed by atoms with Crippen molar-refractivity contribution < 1.29 is 14.3 Å². The maximum atomic E-state index is 13.3. The Morgan fingerprint density at radius 3 is 2.37 bits per heavy atom. The van der Waals surface area contributed by atoms with Crippen LogP contribution in [0.4, 0.5) is 5.69 Å². The molecule has 2 amide bonds. The summed E-state index contributed by atoms with van der Waals surface area (Å²) in [5.41, 5.74) is 1.74. The van der Waals surface area contributed by atoms with Gasteiger partial charge in [0.1, 0.15) is 12.3 Å². The fourth-order valence-corrected chi connectivity index (χ4v) is 4.30. The average Bonchev–Trinajstić information content (AvgIpc) is 2.93. The molecule has 0 saturated carbocycles. The van der Waals surface area contributed by atoms with E-state index < -0.39 is 11.2 Å². The summed E-state index contributed by atoms with van der Waals surface area (Å²) in [6, 6.07) is 21.5. The molecule has 196 valence electrons. The Hall–Kier alpha value is -4.66. The van der Waals surface area contributed by atoms with Crippen molar-refractivity contribution in [3.05, 3.63) is 105 Å². The maximum Gasteiger partial charge on any atom is 0.331 e. The molecule has 2 N–H and O–H groups in total. The molecule has 4 aromatic rings. The number of nitrogens with zero attached hydrogens (tertiary/aromatic N) is 2. The van der Waals surface area contributed by atoms with Gasteiger partial charge in [-0.05, 0) is 43.2 Å². The normalized spacial score (nSPS) is 10.8. The number of fused-ring (bicyclic) bond motifs is 1. The zero-order valence-electron chi connectivity index (χ0n) is 21.4. The summed E-state index contributed by atoms with van der Waals surface area (Å²) in [7, 11) is 1.57. The molecular formula is C29H30N4O5. The molecule has 9 heteroatoms. The van der Waals surface area contributed by atoms with Crippen molar-refractivity contribution in [2.75, 3.05) is 12.4 Å². The molecule has 0 aliphatic rings. The van der Waals surface area contributed by atoms with Crippen molar-refractivity contribution >= 4 is 28.4 Å². The summed E-state index contributed by atoms with van der Waals surface area (Å²) < 4.78 is 7.69. The number of hydrogen-bond acceptors (Lipinski definition) is 5. The minimum Gasteiger partial charge on any atom is -0.496 e. The van der Waals surface area contributed by atoms with Crippen molar-refractivity contribution in [3.63, 3.8) is 0 Å². The van der Waals surface area contributed by atoms with E-state index in [2.05, 4.69) is 10.6 Å². The van der Waals surface area contributed by atoms with Crippen LogP contribution >= 0.6 is 0 Å². The highest BCUT2D eigenvalue weighted by Gasteiger charge is 2.16. The third-order valence-corrected chi connectivity index (χ3v) is 6.31. The van der Waals surface area contributed by atoms with Crippen molar-refractivity contribution in [1.29, 1.82) is 0 Å². The van der Waals surface area contributed by atoms with Gasteiger partial charge in [-0.25, -0.2) is 4.79 Å². The van der Waals surface area contributed by atoms with Gasteiger partial charge in [0.2, 0.25) is 11.8 Å². The van der Waals surface area contributed by atoms with Gasteiger partial charge < -0.3 is 15.4 Å². The molecule has 0 spiro atoms. The molecule has 0 aliphatic heterocycles.